The largest absolute Gasteiger partial charge is 0.449 e. The van der Waals surface area contributed by atoms with Crippen LogP contribution in [0.5, 0.6) is 0 Å². The summed E-state index contributed by atoms with van der Waals surface area (Å²) in [5.74, 6) is -6.64. The highest BCUT2D eigenvalue weighted by atomic mass is 32.2. The van der Waals surface area contributed by atoms with E-state index >= 15 is 0 Å². The summed E-state index contributed by atoms with van der Waals surface area (Å²) in [7, 11) is -3.44. The molecule has 0 aliphatic heterocycles. The van der Waals surface area contributed by atoms with Gasteiger partial charge in [0.05, 0.1) is 16.1 Å². The van der Waals surface area contributed by atoms with E-state index in [0.29, 0.717) is 6.07 Å². The highest BCUT2D eigenvalue weighted by molar-refractivity contribution is 7.90. The summed E-state index contributed by atoms with van der Waals surface area (Å²) >= 11 is 0. The van der Waals surface area contributed by atoms with Crippen molar-refractivity contribution in [3.8, 4) is 0 Å². The van der Waals surface area contributed by atoms with Gasteiger partial charge in [-0.15, -0.1) is 0 Å². The number of nitrogens with one attached hydrogen (secondary N) is 1. The molecule has 2 rings (SSSR count). The third kappa shape index (κ3) is 4.85. The molecule has 0 aromatic heterocycles. The second-order valence-electron chi connectivity index (χ2n) is 5.56. The predicted molar refractivity (Wildman–Crippen MR) is 89.4 cm³/mol. The zero-order valence-corrected chi connectivity index (χ0v) is 14.9. The maximum Gasteiger partial charge on any atom is 0.338 e. The summed E-state index contributed by atoms with van der Waals surface area (Å²) in [6.45, 7) is 1.19. The summed E-state index contributed by atoms with van der Waals surface area (Å²) in [4.78, 5) is 24.0. The number of ether oxygens (including phenoxy) is 1. The van der Waals surface area contributed by atoms with Gasteiger partial charge >= 0.3 is 5.97 Å². The monoisotopic (exact) mass is 401 g/mol. The molecule has 1 amide bonds. The Kier molecular flexibility index (Phi) is 5.89. The van der Waals surface area contributed by atoms with E-state index in [0.717, 1.165) is 12.3 Å². The van der Waals surface area contributed by atoms with Crippen LogP contribution in [0.15, 0.2) is 41.3 Å². The second kappa shape index (κ2) is 7.78. The molecule has 0 aliphatic carbocycles. The van der Waals surface area contributed by atoms with Crippen LogP contribution in [-0.4, -0.2) is 32.7 Å². The Morgan fingerprint density at radius 2 is 1.59 bits per heavy atom. The van der Waals surface area contributed by atoms with Crippen molar-refractivity contribution in [2.45, 2.75) is 17.9 Å². The van der Waals surface area contributed by atoms with E-state index in [9.17, 15) is 31.2 Å². The molecule has 0 unspecified atom stereocenters. The van der Waals surface area contributed by atoms with Gasteiger partial charge in [-0.05, 0) is 43.3 Å². The lowest BCUT2D eigenvalue weighted by atomic mass is 10.2. The Bertz CT molecular complexity index is 990. The van der Waals surface area contributed by atoms with Crippen LogP contribution in [0.1, 0.15) is 17.3 Å². The number of carbonyl (C=O) groups is 2. The van der Waals surface area contributed by atoms with Crippen molar-refractivity contribution in [3.05, 3.63) is 59.4 Å². The Morgan fingerprint density at radius 3 is 2.15 bits per heavy atom. The van der Waals surface area contributed by atoms with Crippen molar-refractivity contribution < 1.29 is 35.9 Å². The molecule has 0 heterocycles. The summed E-state index contributed by atoms with van der Waals surface area (Å²) in [5, 5.41) is 1.99. The molecule has 6 nitrogen and oxygen atoms in total. The molecular weight excluding hydrogens is 387 g/mol. The first kappa shape index (κ1) is 20.4. The Balaban J connectivity index is 2.06. The first-order valence-electron chi connectivity index (χ1n) is 7.46. The highest BCUT2D eigenvalue weighted by Crippen LogP contribution is 2.20. The van der Waals surface area contributed by atoms with Gasteiger partial charge in [0.2, 0.25) is 0 Å². The third-order valence-corrected chi connectivity index (χ3v) is 4.59. The second-order valence-corrected chi connectivity index (χ2v) is 7.57. The van der Waals surface area contributed by atoms with Crippen molar-refractivity contribution in [2.75, 3.05) is 11.6 Å². The molecule has 1 N–H and O–H groups in total. The fourth-order valence-electron chi connectivity index (χ4n) is 1.98. The number of carbonyl (C=O) groups excluding carboxylic acids is 2. The molecule has 0 fully saturated rings. The summed E-state index contributed by atoms with van der Waals surface area (Å²) in [6, 6.07) is 6.27. The SMILES string of the molecule is C[C@@H](OC(=O)c1ccc(S(C)(=O)=O)cc1)C(=O)Nc1ccc(F)c(F)c1F. The molecule has 1 atom stereocenters. The van der Waals surface area contributed by atoms with Gasteiger partial charge in [0.15, 0.2) is 33.4 Å². The Morgan fingerprint density at radius 1 is 1.00 bits per heavy atom. The average Bonchev–Trinajstić information content (AvgIpc) is 2.61. The van der Waals surface area contributed by atoms with E-state index in [1.54, 1.807) is 0 Å². The van der Waals surface area contributed by atoms with Crippen molar-refractivity contribution in [1.82, 2.24) is 0 Å². The Hall–Kier alpha value is -2.88. The maximum absolute atomic E-state index is 13.6. The van der Waals surface area contributed by atoms with E-state index in [-0.39, 0.29) is 10.5 Å². The Labute approximate surface area is 152 Å². The van der Waals surface area contributed by atoms with E-state index in [1.165, 1.54) is 31.2 Å². The van der Waals surface area contributed by atoms with Crippen LogP contribution >= 0.6 is 0 Å². The number of halogens is 3. The average molecular weight is 401 g/mol. The van der Waals surface area contributed by atoms with Gasteiger partial charge in [-0.1, -0.05) is 0 Å². The molecule has 144 valence electrons. The maximum atomic E-state index is 13.6. The number of hydrogen-bond donors (Lipinski definition) is 1. The minimum Gasteiger partial charge on any atom is -0.449 e. The molecule has 0 spiro atoms. The zero-order valence-electron chi connectivity index (χ0n) is 14.1. The van der Waals surface area contributed by atoms with Crippen LogP contribution < -0.4 is 5.32 Å². The topological polar surface area (TPSA) is 89.5 Å². The number of hydrogen-bond acceptors (Lipinski definition) is 5. The molecule has 27 heavy (non-hydrogen) atoms. The van der Waals surface area contributed by atoms with Gasteiger partial charge in [-0.25, -0.2) is 26.4 Å². The number of amides is 1. The summed E-state index contributed by atoms with van der Waals surface area (Å²) in [5.41, 5.74) is -0.625. The number of anilines is 1. The number of esters is 1. The number of rotatable bonds is 5. The normalized spacial score (nSPS) is 12.3. The molecule has 0 aliphatic rings. The van der Waals surface area contributed by atoms with Crippen molar-refractivity contribution in [2.24, 2.45) is 0 Å². The molecule has 10 heteroatoms. The lowest BCUT2D eigenvalue weighted by Crippen LogP contribution is -2.30. The van der Waals surface area contributed by atoms with E-state index < -0.39 is 51.0 Å². The highest BCUT2D eigenvalue weighted by Gasteiger charge is 2.22. The van der Waals surface area contributed by atoms with Crippen molar-refractivity contribution >= 4 is 27.4 Å². The fraction of sp³-hybridized carbons (Fsp3) is 0.176. The molecule has 2 aromatic rings. The molecule has 0 saturated carbocycles. The van der Waals surface area contributed by atoms with Gasteiger partial charge in [0.1, 0.15) is 0 Å². The van der Waals surface area contributed by atoms with Crippen LogP contribution in [0.4, 0.5) is 18.9 Å². The smallest absolute Gasteiger partial charge is 0.338 e. The molecule has 0 saturated heterocycles. The van der Waals surface area contributed by atoms with Gasteiger partial charge in [-0.3, -0.25) is 4.79 Å². The fourth-order valence-corrected chi connectivity index (χ4v) is 2.61. The van der Waals surface area contributed by atoms with Crippen LogP contribution in [0, 0.1) is 17.5 Å². The van der Waals surface area contributed by atoms with Crippen LogP contribution in [0.3, 0.4) is 0 Å². The molecular formula is C17H14F3NO5S. The van der Waals surface area contributed by atoms with Gasteiger partial charge in [-0.2, -0.15) is 0 Å². The summed E-state index contributed by atoms with van der Waals surface area (Å²) in [6.07, 6.45) is -0.385. The molecule has 0 bridgehead atoms. The van der Waals surface area contributed by atoms with Crippen LogP contribution in [0.2, 0.25) is 0 Å². The molecule has 0 radical (unpaired) electrons. The quantitative estimate of drug-likeness (QED) is 0.615. The predicted octanol–water partition coefficient (Wildman–Crippen LogP) is 2.69. The lowest BCUT2D eigenvalue weighted by Gasteiger charge is -2.14. The van der Waals surface area contributed by atoms with Crippen molar-refractivity contribution in [1.29, 1.82) is 0 Å². The lowest BCUT2D eigenvalue weighted by molar-refractivity contribution is -0.123. The van der Waals surface area contributed by atoms with E-state index in [1.807, 2.05) is 5.32 Å². The van der Waals surface area contributed by atoms with Crippen LogP contribution in [-0.2, 0) is 19.4 Å². The van der Waals surface area contributed by atoms with E-state index in [2.05, 4.69) is 0 Å². The van der Waals surface area contributed by atoms with Gasteiger partial charge in [0, 0.05) is 6.26 Å². The number of sulfone groups is 1. The van der Waals surface area contributed by atoms with E-state index in [4.69, 9.17) is 4.74 Å². The zero-order chi connectivity index (χ0) is 20.4. The third-order valence-electron chi connectivity index (χ3n) is 3.46. The minimum absolute atomic E-state index is 0.00125. The standard InChI is InChI=1S/C17H14F3NO5S/c1-9(16(22)21-13-8-7-12(18)14(19)15(13)20)26-17(23)10-3-5-11(6-4-10)27(2,24)25/h3-9H,1-2H3,(H,21,22)/t9-/m1/s1. The summed E-state index contributed by atoms with van der Waals surface area (Å²) < 4.78 is 67.3. The first-order chi connectivity index (χ1) is 12.5. The van der Waals surface area contributed by atoms with Gasteiger partial charge < -0.3 is 10.1 Å². The minimum atomic E-state index is -3.44. The number of benzene rings is 2. The first-order valence-corrected chi connectivity index (χ1v) is 9.35. The van der Waals surface area contributed by atoms with Crippen molar-refractivity contribution in [3.63, 3.8) is 0 Å². The molecule has 2 aromatic carbocycles. The van der Waals surface area contributed by atoms with Crippen LogP contribution in [0.25, 0.3) is 0 Å². The van der Waals surface area contributed by atoms with Gasteiger partial charge in [0.25, 0.3) is 5.91 Å².